The first-order valence-corrected chi connectivity index (χ1v) is 11.2. The second kappa shape index (κ2) is 10.8. The fourth-order valence-electron chi connectivity index (χ4n) is 3.37. The molecule has 0 aliphatic carbocycles. The molecule has 0 radical (unpaired) electrons. The molecule has 0 spiro atoms. The lowest BCUT2D eigenvalue weighted by Crippen LogP contribution is -2.50. The standard InChI is InChI=1S/C22H22F4N3O6P/c1-6-21(4,10-35-36(33)34)28-20(32)18(30)16-11(2)17(29(5)12(16)3)19(31)27-13-7-8-15(23)14(9-13)22(24,25)26/h1,7-9,33-34H,10H2,2-5H3,(H,27,31)(H,28,32)/t21-/m0/s1. The first-order chi connectivity index (χ1) is 16.5. The van der Waals surface area contributed by atoms with Gasteiger partial charge in [-0.25, -0.2) is 4.39 Å². The van der Waals surface area contributed by atoms with E-state index in [0.29, 0.717) is 12.1 Å². The Morgan fingerprint density at radius 2 is 1.83 bits per heavy atom. The van der Waals surface area contributed by atoms with Gasteiger partial charge in [-0.15, -0.1) is 6.42 Å². The summed E-state index contributed by atoms with van der Waals surface area (Å²) in [5, 5.41) is 4.50. The molecule has 9 nitrogen and oxygen atoms in total. The van der Waals surface area contributed by atoms with Gasteiger partial charge in [0.15, 0.2) is 0 Å². The third kappa shape index (κ3) is 6.27. The summed E-state index contributed by atoms with van der Waals surface area (Å²) in [6, 6.07) is 1.94. The van der Waals surface area contributed by atoms with Crippen molar-refractivity contribution in [2.24, 2.45) is 7.05 Å². The number of hydrogen-bond acceptors (Lipinski definition) is 6. The van der Waals surface area contributed by atoms with Gasteiger partial charge in [0.1, 0.15) is 17.1 Å². The first-order valence-electron chi connectivity index (χ1n) is 10.0. The Balaban J connectivity index is 2.35. The Labute approximate surface area is 204 Å². The lowest BCUT2D eigenvalue weighted by molar-refractivity contribution is -0.140. The number of aromatic nitrogens is 1. The van der Waals surface area contributed by atoms with E-state index in [1.165, 1.54) is 32.4 Å². The van der Waals surface area contributed by atoms with E-state index < -0.39 is 55.9 Å². The van der Waals surface area contributed by atoms with E-state index in [0.717, 1.165) is 6.07 Å². The van der Waals surface area contributed by atoms with Crippen LogP contribution in [-0.2, 0) is 22.5 Å². The number of carbonyl (C=O) groups is 3. The van der Waals surface area contributed by atoms with Gasteiger partial charge in [0.2, 0.25) is 0 Å². The van der Waals surface area contributed by atoms with Crippen LogP contribution in [0.15, 0.2) is 18.2 Å². The number of Topliss-reactive ketones (excluding diaryl/α,β-unsaturated/α-hetero) is 1. The van der Waals surface area contributed by atoms with Crippen molar-refractivity contribution in [3.63, 3.8) is 0 Å². The highest BCUT2D eigenvalue weighted by Crippen LogP contribution is 2.33. The quantitative estimate of drug-likeness (QED) is 0.136. The number of alkyl halides is 3. The van der Waals surface area contributed by atoms with E-state index in [4.69, 9.17) is 16.2 Å². The minimum absolute atomic E-state index is 0.0544. The zero-order chi connectivity index (χ0) is 27.6. The highest BCUT2D eigenvalue weighted by atomic mass is 31.2. The monoisotopic (exact) mass is 531 g/mol. The molecule has 36 heavy (non-hydrogen) atoms. The molecular weight excluding hydrogens is 509 g/mol. The number of amides is 2. The zero-order valence-electron chi connectivity index (χ0n) is 19.5. The van der Waals surface area contributed by atoms with Crippen molar-refractivity contribution in [1.29, 1.82) is 0 Å². The number of halogens is 4. The van der Waals surface area contributed by atoms with Gasteiger partial charge in [0.25, 0.3) is 17.6 Å². The van der Waals surface area contributed by atoms with Gasteiger partial charge < -0.3 is 29.5 Å². The Bertz CT molecular complexity index is 1250. The number of benzene rings is 1. The van der Waals surface area contributed by atoms with Gasteiger partial charge in [-0.05, 0) is 44.5 Å². The third-order valence-electron chi connectivity index (χ3n) is 5.29. The van der Waals surface area contributed by atoms with Crippen LogP contribution < -0.4 is 10.6 Å². The van der Waals surface area contributed by atoms with Crippen LogP contribution in [0.3, 0.4) is 0 Å². The van der Waals surface area contributed by atoms with Gasteiger partial charge >= 0.3 is 14.8 Å². The fourth-order valence-corrected chi connectivity index (χ4v) is 3.74. The zero-order valence-corrected chi connectivity index (χ0v) is 20.3. The average molecular weight is 531 g/mol. The van der Waals surface area contributed by atoms with Crippen LogP contribution >= 0.6 is 8.60 Å². The molecule has 4 N–H and O–H groups in total. The molecule has 194 valence electrons. The maximum absolute atomic E-state index is 13.5. The molecule has 1 aromatic carbocycles. The summed E-state index contributed by atoms with van der Waals surface area (Å²) in [4.78, 5) is 56.2. The highest BCUT2D eigenvalue weighted by Gasteiger charge is 2.35. The number of anilines is 1. The van der Waals surface area contributed by atoms with Gasteiger partial charge in [0, 0.05) is 18.4 Å². The van der Waals surface area contributed by atoms with Crippen LogP contribution in [0.25, 0.3) is 0 Å². The van der Waals surface area contributed by atoms with Crippen molar-refractivity contribution in [1.82, 2.24) is 9.88 Å². The molecule has 0 bridgehead atoms. The summed E-state index contributed by atoms with van der Waals surface area (Å²) < 4.78 is 58.4. The number of terminal acetylenes is 1. The first kappa shape index (κ1) is 28.9. The molecule has 1 aromatic heterocycles. The minimum atomic E-state index is -4.98. The Hall–Kier alpha value is -3.30. The molecule has 1 heterocycles. The largest absolute Gasteiger partial charge is 0.419 e. The number of rotatable bonds is 8. The van der Waals surface area contributed by atoms with Crippen LogP contribution in [0.5, 0.6) is 0 Å². The van der Waals surface area contributed by atoms with Gasteiger partial charge in [-0.1, -0.05) is 5.92 Å². The van der Waals surface area contributed by atoms with Crippen molar-refractivity contribution in [2.45, 2.75) is 32.5 Å². The van der Waals surface area contributed by atoms with E-state index in [9.17, 15) is 31.9 Å². The number of ketones is 1. The average Bonchev–Trinajstić information content (AvgIpc) is 3.00. The number of nitrogens with one attached hydrogen (secondary N) is 2. The molecule has 2 aromatic rings. The van der Waals surface area contributed by atoms with Crippen LogP contribution in [0.2, 0.25) is 0 Å². The van der Waals surface area contributed by atoms with Crippen molar-refractivity contribution >= 4 is 31.9 Å². The summed E-state index contributed by atoms with van der Waals surface area (Å²) in [5.74, 6) is -2.47. The molecule has 1 atom stereocenters. The molecule has 0 unspecified atom stereocenters. The topological polar surface area (TPSA) is 130 Å². The molecule has 0 fully saturated rings. The Morgan fingerprint density at radius 3 is 2.36 bits per heavy atom. The molecule has 0 saturated carbocycles. The highest BCUT2D eigenvalue weighted by molar-refractivity contribution is 7.39. The van der Waals surface area contributed by atoms with Crippen molar-refractivity contribution in [3.05, 3.63) is 52.1 Å². The van der Waals surface area contributed by atoms with Crippen LogP contribution in [0.1, 0.15) is 44.6 Å². The van der Waals surface area contributed by atoms with Crippen molar-refractivity contribution in [3.8, 4) is 12.3 Å². The maximum Gasteiger partial charge on any atom is 0.419 e. The number of hydrogen-bond donors (Lipinski definition) is 4. The molecule has 2 amide bonds. The summed E-state index contributed by atoms with van der Waals surface area (Å²) >= 11 is 0. The molecule has 0 aliphatic heterocycles. The van der Waals surface area contributed by atoms with Crippen LogP contribution in [0, 0.1) is 32.0 Å². The van der Waals surface area contributed by atoms with E-state index in [1.54, 1.807) is 0 Å². The lowest BCUT2D eigenvalue weighted by Gasteiger charge is -2.24. The molecule has 0 saturated heterocycles. The van der Waals surface area contributed by atoms with Gasteiger partial charge in [-0.2, -0.15) is 13.2 Å². The lowest BCUT2D eigenvalue weighted by atomic mass is 10.0. The van der Waals surface area contributed by atoms with E-state index >= 15 is 0 Å². The SMILES string of the molecule is C#C[C@@](C)(COP(O)O)NC(=O)C(=O)c1c(C)c(C(=O)Nc2ccc(F)c(C(F)(F)F)c2)n(C)c1C. The Kier molecular flexibility index (Phi) is 8.65. The second-order valence-corrected chi connectivity index (χ2v) is 8.69. The van der Waals surface area contributed by atoms with Gasteiger partial charge in [0.05, 0.1) is 17.7 Å². The van der Waals surface area contributed by atoms with E-state index in [2.05, 4.69) is 21.1 Å². The Morgan fingerprint density at radius 1 is 1.22 bits per heavy atom. The molecule has 2 rings (SSSR count). The number of nitrogens with zero attached hydrogens (tertiary/aromatic N) is 1. The smallest absolute Gasteiger partial charge is 0.343 e. The molecule has 0 aliphatic rings. The molecule has 14 heteroatoms. The van der Waals surface area contributed by atoms with E-state index in [-0.39, 0.29) is 28.2 Å². The third-order valence-corrected chi connectivity index (χ3v) is 5.65. The predicted octanol–water partition coefficient (Wildman–Crippen LogP) is 2.97. The second-order valence-electron chi connectivity index (χ2n) is 7.93. The molecular formula is C22H22F4N3O6P. The summed E-state index contributed by atoms with van der Waals surface area (Å²) in [6.07, 6.45) is 0.383. The summed E-state index contributed by atoms with van der Waals surface area (Å²) in [5.41, 5.74) is -3.51. The maximum atomic E-state index is 13.5. The van der Waals surface area contributed by atoms with E-state index in [1.807, 2.05) is 0 Å². The fraction of sp³-hybridized carbons (Fsp3) is 0.318. The van der Waals surface area contributed by atoms with Crippen LogP contribution in [0.4, 0.5) is 23.2 Å². The minimum Gasteiger partial charge on any atom is -0.343 e. The predicted molar refractivity (Wildman–Crippen MR) is 121 cm³/mol. The summed E-state index contributed by atoms with van der Waals surface area (Å²) in [6.45, 7) is 3.60. The normalized spacial score (nSPS) is 13.2. The van der Waals surface area contributed by atoms with Crippen molar-refractivity contribution < 1.29 is 46.3 Å². The van der Waals surface area contributed by atoms with Crippen molar-refractivity contribution in [2.75, 3.05) is 11.9 Å². The van der Waals surface area contributed by atoms with Gasteiger partial charge in [-0.3, -0.25) is 14.4 Å². The number of carbonyl (C=O) groups excluding carboxylic acids is 3. The van der Waals surface area contributed by atoms with Crippen LogP contribution in [-0.4, -0.2) is 44.1 Å². The summed E-state index contributed by atoms with van der Waals surface area (Å²) in [7, 11) is -1.36.